The molecular formula is C16H17NO2. The maximum Gasteiger partial charge on any atom is 0.160 e. The van der Waals surface area contributed by atoms with Crippen molar-refractivity contribution in [3.05, 3.63) is 59.4 Å². The fourth-order valence-electron chi connectivity index (χ4n) is 2.05. The number of hydrogen-bond acceptors (Lipinski definition) is 3. The number of methoxy groups -OCH3 is 1. The van der Waals surface area contributed by atoms with Crippen molar-refractivity contribution < 1.29 is 9.84 Å². The van der Waals surface area contributed by atoms with Gasteiger partial charge in [0.2, 0.25) is 0 Å². The Balaban J connectivity index is 2.41. The number of hydrogen-bond donors (Lipinski definition) is 1. The summed E-state index contributed by atoms with van der Waals surface area (Å²) >= 11 is 0. The molecule has 0 unspecified atom stereocenters. The van der Waals surface area contributed by atoms with Crippen LogP contribution in [0.25, 0.3) is 5.57 Å². The fraction of sp³-hybridized carbons (Fsp3) is 0.188. The quantitative estimate of drug-likeness (QED) is 0.913. The summed E-state index contributed by atoms with van der Waals surface area (Å²) in [5.41, 5.74) is 4.63. The average molecular weight is 255 g/mol. The molecule has 0 spiro atoms. The van der Waals surface area contributed by atoms with Crippen molar-refractivity contribution in [2.24, 2.45) is 0 Å². The minimum atomic E-state index is 0.114. The van der Waals surface area contributed by atoms with Gasteiger partial charge in [0.25, 0.3) is 0 Å². The minimum Gasteiger partial charge on any atom is -0.504 e. The summed E-state index contributed by atoms with van der Waals surface area (Å²) in [4.78, 5) is 4.34. The molecule has 0 aliphatic rings. The first-order chi connectivity index (χ1) is 9.01. The molecule has 1 heterocycles. The summed E-state index contributed by atoms with van der Waals surface area (Å²) in [5, 5.41) is 9.82. The largest absolute Gasteiger partial charge is 0.504 e. The molecule has 19 heavy (non-hydrogen) atoms. The molecule has 2 aromatic rings. The van der Waals surface area contributed by atoms with Crippen molar-refractivity contribution in [2.45, 2.75) is 13.8 Å². The van der Waals surface area contributed by atoms with E-state index < -0.39 is 0 Å². The number of phenols is 1. The number of aryl methyl sites for hydroxylation is 2. The average Bonchev–Trinajstić information content (AvgIpc) is 2.36. The Kier molecular flexibility index (Phi) is 3.56. The molecule has 3 heteroatoms. The van der Waals surface area contributed by atoms with E-state index in [0.29, 0.717) is 5.75 Å². The van der Waals surface area contributed by atoms with E-state index in [1.54, 1.807) is 12.1 Å². The van der Waals surface area contributed by atoms with Gasteiger partial charge in [-0.1, -0.05) is 12.6 Å². The zero-order valence-electron chi connectivity index (χ0n) is 11.4. The molecule has 0 fully saturated rings. The number of aromatic hydroxyl groups is 1. The van der Waals surface area contributed by atoms with Gasteiger partial charge in [-0.25, -0.2) is 0 Å². The highest BCUT2D eigenvalue weighted by Gasteiger charge is 2.08. The van der Waals surface area contributed by atoms with Crippen LogP contribution in [0, 0.1) is 13.8 Å². The third-order valence-electron chi connectivity index (χ3n) is 2.96. The van der Waals surface area contributed by atoms with E-state index in [4.69, 9.17) is 4.74 Å². The summed E-state index contributed by atoms with van der Waals surface area (Å²) in [6.07, 6.45) is 0. The van der Waals surface area contributed by atoms with Crippen LogP contribution < -0.4 is 4.74 Å². The minimum absolute atomic E-state index is 0.114. The number of rotatable bonds is 3. The van der Waals surface area contributed by atoms with Crippen molar-refractivity contribution in [1.29, 1.82) is 0 Å². The Morgan fingerprint density at radius 3 is 2.26 bits per heavy atom. The Hall–Kier alpha value is -2.29. The number of pyridine rings is 1. The predicted octanol–water partition coefficient (Wildman–Crippen LogP) is 3.47. The molecule has 0 amide bonds. The predicted molar refractivity (Wildman–Crippen MR) is 76.5 cm³/mol. The first-order valence-electron chi connectivity index (χ1n) is 6.03. The van der Waals surface area contributed by atoms with Crippen molar-refractivity contribution >= 4 is 5.57 Å². The SMILES string of the molecule is C=C(c1cc(C)nc(C)c1)c1ccc(OC)c(O)c1. The topological polar surface area (TPSA) is 42.4 Å². The van der Waals surface area contributed by atoms with Gasteiger partial charge in [0.05, 0.1) is 7.11 Å². The third kappa shape index (κ3) is 2.76. The molecule has 3 nitrogen and oxygen atoms in total. The molecular weight excluding hydrogens is 238 g/mol. The van der Waals surface area contributed by atoms with E-state index in [0.717, 1.165) is 28.1 Å². The zero-order valence-corrected chi connectivity index (χ0v) is 11.4. The van der Waals surface area contributed by atoms with Crippen LogP contribution in [-0.2, 0) is 0 Å². The summed E-state index contributed by atoms with van der Waals surface area (Å²) in [7, 11) is 1.53. The van der Waals surface area contributed by atoms with E-state index in [2.05, 4.69) is 11.6 Å². The number of phenolic OH excluding ortho intramolecular Hbond substituents is 1. The molecule has 2 rings (SSSR count). The van der Waals surface area contributed by atoms with Gasteiger partial charge in [-0.3, -0.25) is 4.98 Å². The summed E-state index contributed by atoms with van der Waals surface area (Å²) in [6.45, 7) is 8.00. The molecule has 0 bridgehead atoms. The molecule has 0 aliphatic carbocycles. The molecule has 0 radical (unpaired) electrons. The summed E-state index contributed by atoms with van der Waals surface area (Å²) in [6, 6.07) is 9.24. The van der Waals surface area contributed by atoms with E-state index in [1.165, 1.54) is 7.11 Å². The fourth-order valence-corrected chi connectivity index (χ4v) is 2.05. The number of benzene rings is 1. The maximum absolute atomic E-state index is 9.82. The molecule has 0 atom stereocenters. The van der Waals surface area contributed by atoms with Crippen LogP contribution in [0.5, 0.6) is 11.5 Å². The first-order valence-corrected chi connectivity index (χ1v) is 6.03. The van der Waals surface area contributed by atoms with Crippen molar-refractivity contribution in [1.82, 2.24) is 4.98 Å². The van der Waals surface area contributed by atoms with E-state index in [1.807, 2.05) is 32.0 Å². The Bertz CT molecular complexity index is 612. The van der Waals surface area contributed by atoms with Gasteiger partial charge < -0.3 is 9.84 Å². The van der Waals surface area contributed by atoms with Gasteiger partial charge in [0.15, 0.2) is 11.5 Å². The lowest BCUT2D eigenvalue weighted by Gasteiger charge is -2.10. The maximum atomic E-state index is 9.82. The summed E-state index contributed by atoms with van der Waals surface area (Å²) in [5.74, 6) is 0.572. The highest BCUT2D eigenvalue weighted by molar-refractivity contribution is 5.79. The lowest BCUT2D eigenvalue weighted by Crippen LogP contribution is -1.93. The molecule has 0 saturated carbocycles. The highest BCUT2D eigenvalue weighted by atomic mass is 16.5. The molecule has 0 aliphatic heterocycles. The first kappa shape index (κ1) is 13.1. The normalized spacial score (nSPS) is 10.3. The number of ether oxygens (including phenoxy) is 1. The second-order valence-corrected chi connectivity index (χ2v) is 4.50. The van der Waals surface area contributed by atoms with E-state index in [9.17, 15) is 5.11 Å². The van der Waals surface area contributed by atoms with Gasteiger partial charge in [-0.05, 0) is 54.8 Å². The van der Waals surface area contributed by atoms with Crippen LogP contribution in [0.2, 0.25) is 0 Å². The third-order valence-corrected chi connectivity index (χ3v) is 2.96. The number of nitrogens with zero attached hydrogens (tertiary/aromatic N) is 1. The van der Waals surface area contributed by atoms with E-state index in [-0.39, 0.29) is 5.75 Å². The van der Waals surface area contributed by atoms with Crippen LogP contribution in [0.3, 0.4) is 0 Å². The monoisotopic (exact) mass is 255 g/mol. The second kappa shape index (κ2) is 5.14. The summed E-state index contributed by atoms with van der Waals surface area (Å²) < 4.78 is 5.03. The zero-order chi connectivity index (χ0) is 14.0. The standard InChI is InChI=1S/C16H17NO2/c1-10-7-14(8-11(2)17-10)12(3)13-5-6-16(19-4)15(18)9-13/h5-9,18H,3H2,1-2,4H3. The molecule has 1 aromatic heterocycles. The second-order valence-electron chi connectivity index (χ2n) is 4.50. The lowest BCUT2D eigenvalue weighted by molar-refractivity contribution is 0.373. The van der Waals surface area contributed by atoms with Crippen molar-refractivity contribution in [3.8, 4) is 11.5 Å². The Morgan fingerprint density at radius 2 is 1.74 bits per heavy atom. The van der Waals surface area contributed by atoms with Crippen molar-refractivity contribution in [3.63, 3.8) is 0 Å². The highest BCUT2D eigenvalue weighted by Crippen LogP contribution is 2.31. The van der Waals surface area contributed by atoms with Gasteiger partial charge in [0.1, 0.15) is 0 Å². The van der Waals surface area contributed by atoms with Crippen LogP contribution in [0.4, 0.5) is 0 Å². The van der Waals surface area contributed by atoms with Gasteiger partial charge in [-0.15, -0.1) is 0 Å². The smallest absolute Gasteiger partial charge is 0.160 e. The van der Waals surface area contributed by atoms with Gasteiger partial charge in [-0.2, -0.15) is 0 Å². The van der Waals surface area contributed by atoms with Crippen LogP contribution in [0.1, 0.15) is 22.5 Å². The van der Waals surface area contributed by atoms with E-state index >= 15 is 0 Å². The Labute approximate surface area is 113 Å². The van der Waals surface area contributed by atoms with Crippen LogP contribution >= 0.6 is 0 Å². The van der Waals surface area contributed by atoms with Gasteiger partial charge >= 0.3 is 0 Å². The Morgan fingerprint density at radius 1 is 1.11 bits per heavy atom. The number of aromatic nitrogens is 1. The molecule has 98 valence electrons. The molecule has 1 aromatic carbocycles. The van der Waals surface area contributed by atoms with Crippen molar-refractivity contribution in [2.75, 3.05) is 7.11 Å². The lowest BCUT2D eigenvalue weighted by atomic mass is 9.99. The molecule has 0 saturated heterocycles. The van der Waals surface area contributed by atoms with Crippen LogP contribution in [0.15, 0.2) is 36.9 Å². The van der Waals surface area contributed by atoms with Gasteiger partial charge in [0, 0.05) is 11.4 Å². The van der Waals surface area contributed by atoms with Crippen LogP contribution in [-0.4, -0.2) is 17.2 Å². The molecule has 1 N–H and O–H groups in total.